The van der Waals surface area contributed by atoms with Gasteiger partial charge < -0.3 is 5.21 Å². The van der Waals surface area contributed by atoms with E-state index in [4.69, 9.17) is 0 Å². The zero-order valence-corrected chi connectivity index (χ0v) is 10.3. The molecule has 0 saturated carbocycles. The molecule has 1 unspecified atom stereocenters. The second kappa shape index (κ2) is 4.92. The third-order valence-electron chi connectivity index (χ3n) is 3.72. The molecule has 0 spiro atoms. The molecule has 2 N–H and O–H groups in total. The van der Waals surface area contributed by atoms with Gasteiger partial charge in [-0.1, -0.05) is 48.5 Å². The Kier molecular flexibility index (Phi) is 3.13. The third kappa shape index (κ3) is 2.05. The average Bonchev–Trinajstić information content (AvgIpc) is 2.47. The molecule has 0 heterocycles. The van der Waals surface area contributed by atoms with Crippen LogP contribution in [0.25, 0.3) is 11.1 Å². The van der Waals surface area contributed by atoms with Crippen LogP contribution in [0.15, 0.2) is 48.5 Å². The van der Waals surface area contributed by atoms with Gasteiger partial charge in [-0.05, 0) is 41.5 Å². The summed E-state index contributed by atoms with van der Waals surface area (Å²) in [5, 5.41) is 9.17. The van der Waals surface area contributed by atoms with E-state index < -0.39 is 0 Å². The molecule has 0 amide bonds. The fraction of sp³-hybridized carbons (Fsp3) is 0.250. The Balaban J connectivity index is 2.01. The molecule has 2 heteroatoms. The molecule has 0 radical (unpaired) electrons. The van der Waals surface area contributed by atoms with Crippen LogP contribution < -0.4 is 5.48 Å². The minimum Gasteiger partial charge on any atom is -0.316 e. The lowest BCUT2D eigenvalue weighted by molar-refractivity contribution is 0.118. The van der Waals surface area contributed by atoms with E-state index >= 15 is 0 Å². The number of benzene rings is 2. The van der Waals surface area contributed by atoms with Crippen molar-refractivity contribution in [3.05, 3.63) is 59.7 Å². The maximum atomic E-state index is 9.17. The molecule has 1 atom stereocenters. The van der Waals surface area contributed by atoms with Crippen LogP contribution in [0, 0.1) is 0 Å². The summed E-state index contributed by atoms with van der Waals surface area (Å²) < 4.78 is 0. The summed E-state index contributed by atoms with van der Waals surface area (Å²) in [6.07, 6.45) is 3.24. The van der Waals surface area contributed by atoms with Gasteiger partial charge in [-0.15, -0.1) is 0 Å². The largest absolute Gasteiger partial charge is 0.316 e. The predicted molar refractivity (Wildman–Crippen MR) is 72.5 cm³/mol. The molecule has 18 heavy (non-hydrogen) atoms. The van der Waals surface area contributed by atoms with E-state index in [-0.39, 0.29) is 6.04 Å². The molecule has 0 saturated heterocycles. The summed E-state index contributed by atoms with van der Waals surface area (Å²) >= 11 is 0. The highest BCUT2D eigenvalue weighted by atomic mass is 16.5. The summed E-state index contributed by atoms with van der Waals surface area (Å²) in [5.74, 6) is 0. The molecule has 3 rings (SSSR count). The van der Waals surface area contributed by atoms with Crippen LogP contribution in [-0.4, -0.2) is 5.21 Å². The predicted octanol–water partition coefficient (Wildman–Crippen LogP) is 3.71. The Hall–Kier alpha value is -1.64. The zero-order valence-electron chi connectivity index (χ0n) is 10.3. The van der Waals surface area contributed by atoms with Crippen molar-refractivity contribution in [2.75, 3.05) is 0 Å². The molecule has 92 valence electrons. The van der Waals surface area contributed by atoms with Crippen molar-refractivity contribution in [1.82, 2.24) is 5.48 Å². The summed E-state index contributed by atoms with van der Waals surface area (Å²) in [6.45, 7) is 0. The first-order valence-electron chi connectivity index (χ1n) is 6.46. The Morgan fingerprint density at radius 1 is 1.00 bits per heavy atom. The Labute approximate surface area is 107 Å². The number of fused-ring (bicyclic) bond motifs is 1. The van der Waals surface area contributed by atoms with E-state index in [1.807, 2.05) is 6.07 Å². The van der Waals surface area contributed by atoms with Gasteiger partial charge in [0.15, 0.2) is 0 Å². The minimum absolute atomic E-state index is 0.0959. The molecule has 0 aromatic heterocycles. The molecule has 2 nitrogen and oxygen atoms in total. The Morgan fingerprint density at radius 2 is 1.83 bits per heavy atom. The van der Waals surface area contributed by atoms with E-state index in [1.165, 1.54) is 22.3 Å². The summed E-state index contributed by atoms with van der Waals surface area (Å²) in [6, 6.07) is 17.1. The monoisotopic (exact) mass is 239 g/mol. The van der Waals surface area contributed by atoms with Crippen LogP contribution in [0.2, 0.25) is 0 Å². The highest BCUT2D eigenvalue weighted by Crippen LogP contribution is 2.32. The highest BCUT2D eigenvalue weighted by Gasteiger charge is 2.19. The van der Waals surface area contributed by atoms with Crippen LogP contribution in [0.1, 0.15) is 30.0 Å². The lowest BCUT2D eigenvalue weighted by Gasteiger charge is -2.24. The van der Waals surface area contributed by atoms with E-state index in [0.717, 1.165) is 19.3 Å². The molecule has 1 aliphatic rings. The zero-order chi connectivity index (χ0) is 12.4. The van der Waals surface area contributed by atoms with Crippen molar-refractivity contribution in [3.8, 4) is 11.1 Å². The summed E-state index contributed by atoms with van der Waals surface area (Å²) in [4.78, 5) is 0. The van der Waals surface area contributed by atoms with Gasteiger partial charge in [0.1, 0.15) is 0 Å². The summed E-state index contributed by atoms with van der Waals surface area (Å²) in [5.41, 5.74) is 7.52. The number of hydrogen-bond donors (Lipinski definition) is 2. The van der Waals surface area contributed by atoms with Gasteiger partial charge in [-0.2, -0.15) is 5.48 Å². The first-order chi connectivity index (χ1) is 8.88. The van der Waals surface area contributed by atoms with Crippen molar-refractivity contribution in [2.24, 2.45) is 0 Å². The van der Waals surface area contributed by atoms with Gasteiger partial charge in [0.25, 0.3) is 0 Å². The maximum Gasteiger partial charge on any atom is 0.0571 e. The number of aryl methyl sites for hydroxylation is 1. The topological polar surface area (TPSA) is 32.3 Å². The second-order valence-electron chi connectivity index (χ2n) is 4.85. The minimum atomic E-state index is 0.0959. The first kappa shape index (κ1) is 11.5. The smallest absolute Gasteiger partial charge is 0.0571 e. The Bertz CT molecular complexity index is 536. The number of rotatable bonds is 2. The maximum absolute atomic E-state index is 9.17. The van der Waals surface area contributed by atoms with E-state index in [0.29, 0.717) is 0 Å². The van der Waals surface area contributed by atoms with Crippen LogP contribution >= 0.6 is 0 Å². The van der Waals surface area contributed by atoms with Gasteiger partial charge in [-0.3, -0.25) is 0 Å². The lowest BCUT2D eigenvalue weighted by atomic mass is 9.86. The van der Waals surface area contributed by atoms with Crippen LogP contribution in [0.4, 0.5) is 0 Å². The molecule has 0 fully saturated rings. The van der Waals surface area contributed by atoms with Crippen molar-refractivity contribution in [2.45, 2.75) is 25.3 Å². The SMILES string of the molecule is ONC1CCCc2cc(-c3ccccc3)ccc21. The number of hydrogen-bond acceptors (Lipinski definition) is 2. The molecule has 0 aliphatic heterocycles. The summed E-state index contributed by atoms with van der Waals surface area (Å²) in [7, 11) is 0. The lowest BCUT2D eigenvalue weighted by Crippen LogP contribution is -2.21. The van der Waals surface area contributed by atoms with Gasteiger partial charge in [0, 0.05) is 0 Å². The van der Waals surface area contributed by atoms with Gasteiger partial charge in [-0.25, -0.2) is 0 Å². The second-order valence-corrected chi connectivity index (χ2v) is 4.85. The first-order valence-corrected chi connectivity index (χ1v) is 6.46. The average molecular weight is 239 g/mol. The van der Waals surface area contributed by atoms with Crippen molar-refractivity contribution >= 4 is 0 Å². The normalized spacial score (nSPS) is 18.4. The van der Waals surface area contributed by atoms with Gasteiger partial charge in [0.2, 0.25) is 0 Å². The van der Waals surface area contributed by atoms with Gasteiger partial charge >= 0.3 is 0 Å². The standard InChI is InChI=1S/C16H17NO/c18-17-16-8-4-7-14-11-13(9-10-15(14)16)12-5-2-1-3-6-12/h1-3,5-6,9-11,16-18H,4,7-8H2. The van der Waals surface area contributed by atoms with Crippen molar-refractivity contribution in [1.29, 1.82) is 0 Å². The van der Waals surface area contributed by atoms with E-state index in [1.54, 1.807) is 0 Å². The molecular weight excluding hydrogens is 222 g/mol. The van der Waals surface area contributed by atoms with Crippen molar-refractivity contribution in [3.63, 3.8) is 0 Å². The number of nitrogens with one attached hydrogen (secondary N) is 1. The molecule has 1 aliphatic carbocycles. The van der Waals surface area contributed by atoms with Gasteiger partial charge in [0.05, 0.1) is 6.04 Å². The van der Waals surface area contributed by atoms with Crippen LogP contribution in [0.3, 0.4) is 0 Å². The van der Waals surface area contributed by atoms with Crippen molar-refractivity contribution < 1.29 is 5.21 Å². The molecule has 2 aromatic rings. The van der Waals surface area contributed by atoms with Crippen LogP contribution in [-0.2, 0) is 6.42 Å². The highest BCUT2D eigenvalue weighted by molar-refractivity contribution is 5.65. The molecule has 2 aromatic carbocycles. The molecular formula is C16H17NO. The fourth-order valence-corrected chi connectivity index (χ4v) is 2.76. The fourth-order valence-electron chi connectivity index (χ4n) is 2.76. The molecule has 0 bridgehead atoms. The third-order valence-corrected chi connectivity index (χ3v) is 3.72. The van der Waals surface area contributed by atoms with E-state index in [9.17, 15) is 5.21 Å². The quantitative estimate of drug-likeness (QED) is 0.783. The Morgan fingerprint density at radius 3 is 2.61 bits per heavy atom. The van der Waals surface area contributed by atoms with E-state index in [2.05, 4.69) is 47.9 Å². The number of hydroxylamine groups is 1. The van der Waals surface area contributed by atoms with Crippen LogP contribution in [0.5, 0.6) is 0 Å².